The van der Waals surface area contributed by atoms with Crippen LogP contribution in [0.5, 0.6) is 0 Å². The highest BCUT2D eigenvalue weighted by molar-refractivity contribution is 5.89. The highest BCUT2D eigenvalue weighted by atomic mass is 16.7. The maximum absolute atomic E-state index is 11.6. The van der Waals surface area contributed by atoms with Gasteiger partial charge in [-0.15, -0.1) is 0 Å². The molecule has 20 heavy (non-hydrogen) atoms. The number of hydrogen-bond donors (Lipinski definition) is 3. The number of aliphatic hydroxyl groups is 1. The number of hydroxylamine groups is 1. The molecule has 0 aliphatic heterocycles. The minimum atomic E-state index is -0.348. The van der Waals surface area contributed by atoms with Crippen LogP contribution in [0.25, 0.3) is 0 Å². The number of unbranched alkanes of at least 4 members (excludes halogenated alkanes) is 3. The van der Waals surface area contributed by atoms with Crippen LogP contribution >= 0.6 is 0 Å². The molecule has 0 saturated heterocycles. The van der Waals surface area contributed by atoms with Crippen molar-refractivity contribution in [3.8, 4) is 0 Å². The molecular weight excluding hydrogens is 256 g/mol. The SMILES string of the molecule is O=C(ONCCCCCCNCCO)c1ccccc1. The fourth-order valence-electron chi connectivity index (χ4n) is 1.75. The fourth-order valence-corrected chi connectivity index (χ4v) is 1.75. The molecule has 0 amide bonds. The Morgan fingerprint density at radius 3 is 2.40 bits per heavy atom. The van der Waals surface area contributed by atoms with Crippen LogP contribution in [0.2, 0.25) is 0 Å². The van der Waals surface area contributed by atoms with E-state index < -0.39 is 0 Å². The Morgan fingerprint density at radius 1 is 1.00 bits per heavy atom. The lowest BCUT2D eigenvalue weighted by molar-refractivity contribution is 0.0251. The van der Waals surface area contributed by atoms with Crippen LogP contribution in [-0.2, 0) is 4.84 Å². The van der Waals surface area contributed by atoms with Crippen LogP contribution < -0.4 is 10.8 Å². The molecule has 0 bridgehead atoms. The summed E-state index contributed by atoms with van der Waals surface area (Å²) in [6.07, 6.45) is 4.30. The molecule has 0 radical (unpaired) electrons. The van der Waals surface area contributed by atoms with Gasteiger partial charge in [-0.3, -0.25) is 0 Å². The molecule has 0 heterocycles. The molecule has 0 fully saturated rings. The predicted molar refractivity (Wildman–Crippen MR) is 78.3 cm³/mol. The Bertz CT molecular complexity index is 357. The molecule has 1 rings (SSSR count). The van der Waals surface area contributed by atoms with Crippen molar-refractivity contribution in [3.05, 3.63) is 35.9 Å². The van der Waals surface area contributed by atoms with E-state index in [1.807, 2.05) is 6.07 Å². The molecule has 0 aliphatic carbocycles. The standard InChI is InChI=1S/C15H24N2O3/c18-13-12-16-10-6-1-2-7-11-17-20-15(19)14-8-4-3-5-9-14/h3-5,8-9,16-18H,1-2,6-7,10-13H2. The molecule has 112 valence electrons. The summed E-state index contributed by atoms with van der Waals surface area (Å²) in [6, 6.07) is 8.93. The van der Waals surface area contributed by atoms with E-state index in [1.54, 1.807) is 24.3 Å². The van der Waals surface area contributed by atoms with Crippen molar-refractivity contribution < 1.29 is 14.7 Å². The quantitative estimate of drug-likeness (QED) is 0.423. The lowest BCUT2D eigenvalue weighted by Crippen LogP contribution is -2.21. The van der Waals surface area contributed by atoms with E-state index in [1.165, 1.54) is 0 Å². The molecule has 3 N–H and O–H groups in total. The second kappa shape index (κ2) is 11.4. The van der Waals surface area contributed by atoms with Crippen molar-refractivity contribution >= 4 is 5.97 Å². The normalized spacial score (nSPS) is 10.4. The first kappa shape index (κ1) is 16.6. The first-order valence-corrected chi connectivity index (χ1v) is 7.15. The van der Waals surface area contributed by atoms with Gasteiger partial charge in [0.25, 0.3) is 0 Å². The Balaban J connectivity index is 1.91. The van der Waals surface area contributed by atoms with Crippen LogP contribution in [0.3, 0.4) is 0 Å². The van der Waals surface area contributed by atoms with Crippen molar-refractivity contribution in [3.63, 3.8) is 0 Å². The lowest BCUT2D eigenvalue weighted by Gasteiger charge is -2.06. The van der Waals surface area contributed by atoms with Gasteiger partial charge < -0.3 is 15.3 Å². The summed E-state index contributed by atoms with van der Waals surface area (Å²) in [7, 11) is 0. The van der Waals surface area contributed by atoms with Crippen LogP contribution in [-0.4, -0.2) is 37.3 Å². The van der Waals surface area contributed by atoms with E-state index in [0.29, 0.717) is 18.7 Å². The fraction of sp³-hybridized carbons (Fsp3) is 0.533. The largest absolute Gasteiger partial charge is 0.395 e. The van der Waals surface area contributed by atoms with Gasteiger partial charge in [0.1, 0.15) is 0 Å². The van der Waals surface area contributed by atoms with E-state index >= 15 is 0 Å². The highest BCUT2D eigenvalue weighted by Gasteiger charge is 2.04. The van der Waals surface area contributed by atoms with E-state index in [0.717, 1.165) is 32.2 Å². The van der Waals surface area contributed by atoms with Gasteiger partial charge in [-0.05, 0) is 31.5 Å². The number of carbonyl (C=O) groups excluding carboxylic acids is 1. The molecular formula is C15H24N2O3. The van der Waals surface area contributed by atoms with Gasteiger partial charge in [0, 0.05) is 13.1 Å². The molecule has 1 aromatic carbocycles. The van der Waals surface area contributed by atoms with Crippen LogP contribution in [0, 0.1) is 0 Å². The monoisotopic (exact) mass is 280 g/mol. The number of carbonyl (C=O) groups is 1. The smallest absolute Gasteiger partial charge is 0.356 e. The minimum absolute atomic E-state index is 0.191. The summed E-state index contributed by atoms with van der Waals surface area (Å²) in [6.45, 7) is 2.47. The number of benzene rings is 1. The Morgan fingerprint density at radius 2 is 1.70 bits per heavy atom. The van der Waals surface area contributed by atoms with Crippen LogP contribution in [0.1, 0.15) is 36.0 Å². The third-order valence-corrected chi connectivity index (χ3v) is 2.85. The van der Waals surface area contributed by atoms with Crippen molar-refractivity contribution in [2.24, 2.45) is 0 Å². The van der Waals surface area contributed by atoms with Crippen molar-refractivity contribution in [2.45, 2.75) is 25.7 Å². The third-order valence-electron chi connectivity index (χ3n) is 2.85. The molecule has 0 unspecified atom stereocenters. The third kappa shape index (κ3) is 7.89. The molecule has 1 aromatic rings. The van der Waals surface area contributed by atoms with Crippen LogP contribution in [0.15, 0.2) is 30.3 Å². The zero-order valence-electron chi connectivity index (χ0n) is 11.8. The molecule has 5 nitrogen and oxygen atoms in total. The molecule has 0 saturated carbocycles. The Hall–Kier alpha value is -1.43. The van der Waals surface area contributed by atoms with Gasteiger partial charge in [-0.1, -0.05) is 31.0 Å². The highest BCUT2D eigenvalue weighted by Crippen LogP contribution is 2.00. The molecule has 0 aliphatic rings. The lowest BCUT2D eigenvalue weighted by atomic mass is 10.2. The first-order valence-electron chi connectivity index (χ1n) is 7.15. The molecule has 0 spiro atoms. The summed E-state index contributed by atoms with van der Waals surface area (Å²) >= 11 is 0. The number of aliphatic hydroxyl groups excluding tert-OH is 1. The van der Waals surface area contributed by atoms with E-state index in [9.17, 15) is 4.79 Å². The summed E-state index contributed by atoms with van der Waals surface area (Å²) in [5, 5.41) is 11.7. The zero-order valence-corrected chi connectivity index (χ0v) is 11.8. The maximum Gasteiger partial charge on any atom is 0.356 e. The van der Waals surface area contributed by atoms with E-state index in [-0.39, 0.29) is 12.6 Å². The van der Waals surface area contributed by atoms with E-state index in [2.05, 4.69) is 10.8 Å². The summed E-state index contributed by atoms with van der Waals surface area (Å²) in [5.74, 6) is -0.348. The van der Waals surface area contributed by atoms with Gasteiger partial charge in [0.15, 0.2) is 0 Å². The topological polar surface area (TPSA) is 70.6 Å². The summed E-state index contributed by atoms with van der Waals surface area (Å²) in [4.78, 5) is 16.5. The van der Waals surface area contributed by atoms with Crippen molar-refractivity contribution in [2.75, 3.05) is 26.2 Å². The van der Waals surface area contributed by atoms with E-state index in [4.69, 9.17) is 9.94 Å². The Kier molecular flexibility index (Phi) is 9.48. The minimum Gasteiger partial charge on any atom is -0.395 e. The molecule has 0 atom stereocenters. The van der Waals surface area contributed by atoms with Crippen LogP contribution in [0.4, 0.5) is 0 Å². The number of rotatable bonds is 11. The average Bonchev–Trinajstić information content (AvgIpc) is 2.50. The van der Waals surface area contributed by atoms with Crippen molar-refractivity contribution in [1.82, 2.24) is 10.8 Å². The first-order chi connectivity index (χ1) is 9.84. The van der Waals surface area contributed by atoms with Gasteiger partial charge in [-0.2, -0.15) is 5.48 Å². The predicted octanol–water partition coefficient (Wildman–Crippen LogP) is 1.49. The van der Waals surface area contributed by atoms with Gasteiger partial charge in [-0.25, -0.2) is 4.79 Å². The second-order valence-corrected chi connectivity index (χ2v) is 4.54. The average molecular weight is 280 g/mol. The van der Waals surface area contributed by atoms with Gasteiger partial charge in [0.05, 0.1) is 12.2 Å². The molecule has 5 heteroatoms. The molecule has 0 aromatic heterocycles. The van der Waals surface area contributed by atoms with Gasteiger partial charge in [0.2, 0.25) is 0 Å². The van der Waals surface area contributed by atoms with Crippen molar-refractivity contribution in [1.29, 1.82) is 0 Å². The Labute approximate surface area is 120 Å². The number of nitrogens with one attached hydrogen (secondary N) is 2. The summed E-state index contributed by atoms with van der Waals surface area (Å²) < 4.78 is 0. The summed E-state index contributed by atoms with van der Waals surface area (Å²) in [5.41, 5.74) is 3.25. The maximum atomic E-state index is 11.6. The number of hydrogen-bond acceptors (Lipinski definition) is 5. The zero-order chi connectivity index (χ0) is 14.5. The second-order valence-electron chi connectivity index (χ2n) is 4.54. The van der Waals surface area contributed by atoms with Gasteiger partial charge >= 0.3 is 5.97 Å².